The van der Waals surface area contributed by atoms with Crippen molar-refractivity contribution < 1.29 is 4.79 Å². The second kappa shape index (κ2) is 4.78. The van der Waals surface area contributed by atoms with E-state index in [4.69, 9.17) is 0 Å². The van der Waals surface area contributed by atoms with Gasteiger partial charge in [-0.3, -0.25) is 10.1 Å². The number of nitrogens with zero attached hydrogens (tertiary/aromatic N) is 1. The molecule has 1 saturated heterocycles. The van der Waals surface area contributed by atoms with Gasteiger partial charge < -0.3 is 4.90 Å². The van der Waals surface area contributed by atoms with E-state index in [1.165, 1.54) is 5.56 Å². The lowest BCUT2D eigenvalue weighted by atomic mass is 10.0. The Labute approximate surface area is 107 Å². The van der Waals surface area contributed by atoms with Crippen LogP contribution in [0.4, 0.5) is 0 Å². The van der Waals surface area contributed by atoms with Crippen LogP contribution in [0.5, 0.6) is 0 Å². The maximum atomic E-state index is 12.2. The van der Waals surface area contributed by atoms with E-state index < -0.39 is 0 Å². The van der Waals surface area contributed by atoms with E-state index in [1.54, 1.807) is 11.3 Å². The van der Waals surface area contributed by atoms with Gasteiger partial charge in [-0.1, -0.05) is 13.8 Å². The minimum Gasteiger partial charge on any atom is -0.319 e. The topological polar surface area (TPSA) is 32.3 Å². The Bertz CT molecular complexity index is 388. The monoisotopic (exact) mass is 252 g/mol. The molecule has 17 heavy (non-hydrogen) atoms. The van der Waals surface area contributed by atoms with Crippen LogP contribution < -0.4 is 5.32 Å². The summed E-state index contributed by atoms with van der Waals surface area (Å²) in [5, 5.41) is 7.55. The molecule has 94 valence electrons. The molecule has 1 aromatic heterocycles. The summed E-state index contributed by atoms with van der Waals surface area (Å²) in [6, 6.07) is 2.26. The molecule has 0 bridgehead atoms. The molecule has 2 rings (SSSR count). The summed E-state index contributed by atoms with van der Waals surface area (Å²) >= 11 is 1.67. The molecule has 0 saturated carbocycles. The number of rotatable bonds is 3. The zero-order valence-electron chi connectivity index (χ0n) is 10.8. The average Bonchev–Trinajstić information content (AvgIpc) is 2.87. The minimum atomic E-state index is -0.0823. The molecule has 1 fully saturated rings. The van der Waals surface area contributed by atoms with Gasteiger partial charge in [0.15, 0.2) is 0 Å². The molecule has 4 heteroatoms. The van der Waals surface area contributed by atoms with Crippen molar-refractivity contribution in [3.63, 3.8) is 0 Å². The normalized spacial score (nSPS) is 26.9. The van der Waals surface area contributed by atoms with Gasteiger partial charge in [0.05, 0.1) is 6.04 Å². The molecule has 3 atom stereocenters. The van der Waals surface area contributed by atoms with E-state index in [-0.39, 0.29) is 24.2 Å². The molecule has 0 radical (unpaired) electrons. The van der Waals surface area contributed by atoms with E-state index >= 15 is 0 Å². The maximum absolute atomic E-state index is 12.2. The van der Waals surface area contributed by atoms with E-state index in [9.17, 15) is 4.79 Å². The number of hydrogen-bond donors (Lipinski definition) is 1. The average molecular weight is 252 g/mol. The van der Waals surface area contributed by atoms with Gasteiger partial charge in [-0.2, -0.15) is 11.3 Å². The molecule has 3 nitrogen and oxygen atoms in total. The quantitative estimate of drug-likeness (QED) is 0.897. The van der Waals surface area contributed by atoms with Gasteiger partial charge in [-0.05, 0) is 42.2 Å². The van der Waals surface area contributed by atoms with Crippen molar-refractivity contribution in [2.45, 2.75) is 45.9 Å². The summed E-state index contributed by atoms with van der Waals surface area (Å²) in [6.07, 6.45) is 0.0427. The smallest absolute Gasteiger partial charge is 0.241 e. The van der Waals surface area contributed by atoms with Crippen molar-refractivity contribution in [2.24, 2.45) is 5.92 Å². The van der Waals surface area contributed by atoms with Gasteiger partial charge in [-0.15, -0.1) is 0 Å². The number of nitrogens with one attached hydrogen (secondary N) is 1. The first-order chi connectivity index (χ1) is 8.02. The number of hydrogen-bond acceptors (Lipinski definition) is 3. The molecule has 1 amide bonds. The highest BCUT2D eigenvalue weighted by atomic mass is 32.1. The van der Waals surface area contributed by atoms with E-state index in [2.05, 4.69) is 42.9 Å². The Balaban J connectivity index is 2.28. The van der Waals surface area contributed by atoms with Crippen LogP contribution in [-0.2, 0) is 4.79 Å². The Morgan fingerprint density at radius 1 is 1.41 bits per heavy atom. The van der Waals surface area contributed by atoms with Crippen molar-refractivity contribution in [2.75, 3.05) is 0 Å². The van der Waals surface area contributed by atoms with Crippen LogP contribution in [0.15, 0.2) is 16.8 Å². The predicted molar refractivity (Wildman–Crippen MR) is 70.8 cm³/mol. The van der Waals surface area contributed by atoms with Crippen molar-refractivity contribution in [3.8, 4) is 0 Å². The molecular formula is C13H20N2OS. The Morgan fingerprint density at radius 3 is 2.65 bits per heavy atom. The predicted octanol–water partition coefficient (Wildman–Crippen LogP) is 2.61. The highest BCUT2D eigenvalue weighted by molar-refractivity contribution is 7.07. The van der Waals surface area contributed by atoms with Crippen molar-refractivity contribution in [1.29, 1.82) is 0 Å². The number of carbonyl (C=O) groups is 1. The standard InChI is InChI=1S/C13H20N2OS/c1-8(2)10(4)15-12(11-5-6-17-7-11)14-9(3)13(15)16/h5-10,12,14H,1-4H3. The molecule has 0 aromatic carbocycles. The summed E-state index contributed by atoms with van der Waals surface area (Å²) in [4.78, 5) is 14.2. The number of amides is 1. The first-order valence-electron chi connectivity index (χ1n) is 6.12. The molecule has 0 spiro atoms. The first kappa shape index (κ1) is 12.6. The van der Waals surface area contributed by atoms with Gasteiger partial charge >= 0.3 is 0 Å². The third-order valence-electron chi connectivity index (χ3n) is 3.57. The molecule has 3 unspecified atom stereocenters. The van der Waals surface area contributed by atoms with Crippen LogP contribution in [0.2, 0.25) is 0 Å². The molecule has 1 aromatic rings. The zero-order valence-corrected chi connectivity index (χ0v) is 11.6. The fourth-order valence-electron chi connectivity index (χ4n) is 2.18. The summed E-state index contributed by atoms with van der Waals surface area (Å²) in [6.45, 7) is 8.38. The molecule has 1 aliphatic heterocycles. The highest BCUT2D eigenvalue weighted by Gasteiger charge is 2.40. The SMILES string of the molecule is CC1NC(c2ccsc2)N(C(C)C(C)C)C1=O. The zero-order chi connectivity index (χ0) is 12.6. The second-order valence-electron chi connectivity index (χ2n) is 5.08. The van der Waals surface area contributed by atoms with Crippen LogP contribution in [0, 0.1) is 5.92 Å². The fraction of sp³-hybridized carbons (Fsp3) is 0.615. The van der Waals surface area contributed by atoms with Crippen molar-refractivity contribution in [1.82, 2.24) is 10.2 Å². The van der Waals surface area contributed by atoms with Crippen LogP contribution in [0.3, 0.4) is 0 Å². The Morgan fingerprint density at radius 2 is 2.12 bits per heavy atom. The third-order valence-corrected chi connectivity index (χ3v) is 4.27. The van der Waals surface area contributed by atoms with Crippen molar-refractivity contribution in [3.05, 3.63) is 22.4 Å². The maximum Gasteiger partial charge on any atom is 0.241 e. The Kier molecular flexibility index (Phi) is 3.54. The summed E-state index contributed by atoms with van der Waals surface area (Å²) < 4.78 is 0. The lowest BCUT2D eigenvalue weighted by Crippen LogP contribution is -2.41. The summed E-state index contributed by atoms with van der Waals surface area (Å²) in [5.41, 5.74) is 1.19. The van der Waals surface area contributed by atoms with Crippen LogP contribution in [-0.4, -0.2) is 22.9 Å². The van der Waals surface area contributed by atoms with Gasteiger partial charge in [0.2, 0.25) is 5.91 Å². The van der Waals surface area contributed by atoms with Crippen molar-refractivity contribution >= 4 is 17.2 Å². The fourth-order valence-corrected chi connectivity index (χ4v) is 2.86. The van der Waals surface area contributed by atoms with Gasteiger partial charge in [0.25, 0.3) is 0 Å². The third kappa shape index (κ3) is 2.24. The molecule has 1 N–H and O–H groups in total. The van der Waals surface area contributed by atoms with Gasteiger partial charge in [0, 0.05) is 6.04 Å². The second-order valence-corrected chi connectivity index (χ2v) is 5.86. The minimum absolute atomic E-state index is 0.0427. The molecule has 1 aliphatic rings. The van der Waals surface area contributed by atoms with Gasteiger partial charge in [0.1, 0.15) is 6.17 Å². The Hall–Kier alpha value is -0.870. The largest absolute Gasteiger partial charge is 0.319 e. The first-order valence-corrected chi connectivity index (χ1v) is 7.07. The lowest BCUT2D eigenvalue weighted by Gasteiger charge is -2.32. The number of thiophene rings is 1. The molecule has 0 aliphatic carbocycles. The van der Waals surface area contributed by atoms with Gasteiger partial charge in [-0.25, -0.2) is 0 Å². The number of carbonyl (C=O) groups excluding carboxylic acids is 1. The highest BCUT2D eigenvalue weighted by Crippen LogP contribution is 2.30. The summed E-state index contributed by atoms with van der Waals surface area (Å²) in [5.74, 6) is 0.676. The van der Waals surface area contributed by atoms with Crippen LogP contribution in [0.25, 0.3) is 0 Å². The molecule has 2 heterocycles. The van der Waals surface area contributed by atoms with Crippen LogP contribution in [0.1, 0.15) is 39.4 Å². The van der Waals surface area contributed by atoms with E-state index in [1.807, 2.05) is 11.8 Å². The van der Waals surface area contributed by atoms with E-state index in [0.29, 0.717) is 5.92 Å². The summed E-state index contributed by atoms with van der Waals surface area (Å²) in [7, 11) is 0. The van der Waals surface area contributed by atoms with Crippen LogP contribution >= 0.6 is 11.3 Å². The molecular weight excluding hydrogens is 232 g/mol. The lowest BCUT2D eigenvalue weighted by molar-refractivity contribution is -0.132. The van der Waals surface area contributed by atoms with E-state index in [0.717, 1.165) is 0 Å².